The van der Waals surface area contributed by atoms with Gasteiger partial charge in [-0.05, 0) is 48.2 Å². The fraction of sp³-hybridized carbons (Fsp3) is 0.250. The molecule has 1 N–H and O–H groups in total. The number of aryl methyl sites for hydroxylation is 1. The fourth-order valence-corrected chi connectivity index (χ4v) is 3.34. The molecule has 0 aromatic heterocycles. The zero-order valence-electron chi connectivity index (χ0n) is 13.9. The summed E-state index contributed by atoms with van der Waals surface area (Å²) in [5.41, 5.74) is 3.86. The van der Waals surface area contributed by atoms with Crippen LogP contribution in [0.1, 0.15) is 39.0 Å². The van der Waals surface area contributed by atoms with Crippen LogP contribution in [-0.4, -0.2) is 27.9 Å². The molecule has 5 nitrogen and oxygen atoms in total. The Morgan fingerprint density at radius 1 is 1.24 bits per heavy atom. The molecule has 0 aliphatic carbocycles. The molecule has 1 aliphatic rings. The molecule has 1 heterocycles. The average Bonchev–Trinajstić information content (AvgIpc) is 2.60. The molecule has 0 radical (unpaired) electrons. The van der Waals surface area contributed by atoms with E-state index in [1.54, 1.807) is 30.0 Å². The highest BCUT2D eigenvalue weighted by atomic mass is 16.4. The molecule has 0 bridgehead atoms. The molecule has 126 valence electrons. The summed E-state index contributed by atoms with van der Waals surface area (Å²) in [6, 6.07) is 14.4. The van der Waals surface area contributed by atoms with Gasteiger partial charge in [-0.1, -0.05) is 24.3 Å². The third kappa shape index (κ3) is 3.38. The Balaban J connectivity index is 1.96. The summed E-state index contributed by atoms with van der Waals surface area (Å²) in [4.78, 5) is 26.0. The van der Waals surface area contributed by atoms with E-state index in [0.29, 0.717) is 24.1 Å². The lowest BCUT2D eigenvalue weighted by Crippen LogP contribution is -2.45. The van der Waals surface area contributed by atoms with Crippen molar-refractivity contribution in [2.75, 3.05) is 0 Å². The van der Waals surface area contributed by atoms with Crippen molar-refractivity contribution in [3.8, 4) is 6.07 Å². The number of nitriles is 1. The third-order valence-corrected chi connectivity index (χ3v) is 4.61. The van der Waals surface area contributed by atoms with Crippen LogP contribution < -0.4 is 0 Å². The summed E-state index contributed by atoms with van der Waals surface area (Å²) in [6.45, 7) is 2.19. The van der Waals surface area contributed by atoms with E-state index in [4.69, 9.17) is 5.26 Å². The van der Waals surface area contributed by atoms with E-state index in [0.717, 1.165) is 16.7 Å². The second kappa shape index (κ2) is 6.78. The van der Waals surface area contributed by atoms with Crippen molar-refractivity contribution in [1.29, 1.82) is 5.26 Å². The van der Waals surface area contributed by atoms with E-state index < -0.39 is 5.97 Å². The van der Waals surface area contributed by atoms with Gasteiger partial charge in [-0.2, -0.15) is 5.26 Å². The van der Waals surface area contributed by atoms with Crippen molar-refractivity contribution >= 4 is 11.9 Å². The number of rotatable bonds is 3. The minimum Gasteiger partial charge on any atom is -0.481 e. The summed E-state index contributed by atoms with van der Waals surface area (Å²) < 4.78 is 0. The van der Waals surface area contributed by atoms with Gasteiger partial charge in [0.1, 0.15) is 0 Å². The van der Waals surface area contributed by atoms with Gasteiger partial charge in [-0.25, -0.2) is 0 Å². The second-order valence-electron chi connectivity index (χ2n) is 6.30. The highest BCUT2D eigenvalue weighted by Crippen LogP contribution is 2.27. The Kier molecular flexibility index (Phi) is 4.53. The second-order valence-corrected chi connectivity index (χ2v) is 6.30. The molecule has 1 atom stereocenters. The highest BCUT2D eigenvalue weighted by Gasteiger charge is 2.32. The lowest BCUT2D eigenvalue weighted by atomic mass is 9.91. The van der Waals surface area contributed by atoms with Crippen LogP contribution in [0.5, 0.6) is 0 Å². The zero-order valence-corrected chi connectivity index (χ0v) is 13.9. The molecule has 5 heteroatoms. The number of amides is 1. The monoisotopic (exact) mass is 334 g/mol. The highest BCUT2D eigenvalue weighted by molar-refractivity contribution is 5.96. The van der Waals surface area contributed by atoms with Gasteiger partial charge in [0.2, 0.25) is 0 Å². The van der Waals surface area contributed by atoms with E-state index >= 15 is 0 Å². The van der Waals surface area contributed by atoms with Gasteiger partial charge in [0.05, 0.1) is 18.1 Å². The Morgan fingerprint density at radius 3 is 2.60 bits per heavy atom. The lowest BCUT2D eigenvalue weighted by molar-refractivity contribution is -0.138. The molecule has 0 unspecified atom stereocenters. The van der Waals surface area contributed by atoms with Crippen molar-refractivity contribution < 1.29 is 14.7 Å². The minimum absolute atomic E-state index is 0.0879. The van der Waals surface area contributed by atoms with Crippen molar-refractivity contribution in [2.45, 2.75) is 32.4 Å². The predicted molar refractivity (Wildman–Crippen MR) is 92.0 cm³/mol. The maximum absolute atomic E-state index is 13.1. The van der Waals surface area contributed by atoms with E-state index in [2.05, 4.69) is 6.07 Å². The molecule has 0 spiro atoms. The third-order valence-electron chi connectivity index (χ3n) is 4.61. The van der Waals surface area contributed by atoms with Gasteiger partial charge in [0.15, 0.2) is 0 Å². The van der Waals surface area contributed by atoms with Crippen molar-refractivity contribution in [1.82, 2.24) is 4.90 Å². The van der Waals surface area contributed by atoms with E-state index in [1.807, 2.05) is 24.3 Å². The van der Waals surface area contributed by atoms with Crippen molar-refractivity contribution in [3.05, 3.63) is 70.3 Å². The van der Waals surface area contributed by atoms with Crippen LogP contribution >= 0.6 is 0 Å². The first-order valence-electron chi connectivity index (χ1n) is 8.10. The Morgan fingerprint density at radius 2 is 1.96 bits per heavy atom. The zero-order chi connectivity index (χ0) is 18.0. The van der Waals surface area contributed by atoms with Crippen LogP contribution in [0.4, 0.5) is 0 Å². The summed E-state index contributed by atoms with van der Waals surface area (Å²) in [5, 5.41) is 18.2. The number of carbonyl (C=O) groups excluding carboxylic acids is 1. The SMILES string of the molecule is Cc1cc(C#N)ccc1C(=O)N1Cc2ccccc2C[C@H]1CC(=O)O. The standard InChI is InChI=1S/C20H18N2O3/c1-13-8-14(11-21)6-7-18(13)20(25)22-12-16-5-3-2-4-15(16)9-17(22)10-19(23)24/h2-8,17H,9-10,12H2,1H3,(H,23,24)/t17-/m0/s1. The average molecular weight is 334 g/mol. The fourth-order valence-electron chi connectivity index (χ4n) is 3.34. The summed E-state index contributed by atoms with van der Waals surface area (Å²) in [5.74, 6) is -1.11. The van der Waals surface area contributed by atoms with Gasteiger partial charge in [-0.15, -0.1) is 0 Å². The van der Waals surface area contributed by atoms with Gasteiger partial charge < -0.3 is 10.0 Å². The molecule has 2 aromatic rings. The van der Waals surface area contributed by atoms with Crippen LogP contribution in [0.25, 0.3) is 0 Å². The van der Waals surface area contributed by atoms with E-state index in [1.165, 1.54) is 0 Å². The normalized spacial score (nSPS) is 16.0. The topological polar surface area (TPSA) is 81.4 Å². The number of aliphatic carboxylic acids is 1. The van der Waals surface area contributed by atoms with Crippen LogP contribution in [0, 0.1) is 18.3 Å². The molecule has 2 aromatic carbocycles. The van der Waals surface area contributed by atoms with Crippen molar-refractivity contribution in [3.63, 3.8) is 0 Å². The molecule has 0 fully saturated rings. The van der Waals surface area contributed by atoms with Crippen LogP contribution in [-0.2, 0) is 17.8 Å². The van der Waals surface area contributed by atoms with E-state index in [9.17, 15) is 14.7 Å². The first-order chi connectivity index (χ1) is 12.0. The Bertz CT molecular complexity index is 883. The molecule has 1 aliphatic heterocycles. The summed E-state index contributed by atoms with van der Waals surface area (Å²) >= 11 is 0. The number of hydrogen-bond acceptors (Lipinski definition) is 3. The number of carbonyl (C=O) groups is 2. The predicted octanol–water partition coefficient (Wildman–Crippen LogP) is 2.91. The number of benzene rings is 2. The largest absolute Gasteiger partial charge is 0.481 e. The maximum Gasteiger partial charge on any atom is 0.305 e. The molecule has 3 rings (SSSR count). The molecule has 0 saturated heterocycles. The maximum atomic E-state index is 13.1. The van der Waals surface area contributed by atoms with Gasteiger partial charge >= 0.3 is 5.97 Å². The Labute approximate surface area is 146 Å². The van der Waals surface area contributed by atoms with E-state index in [-0.39, 0.29) is 18.4 Å². The summed E-state index contributed by atoms with van der Waals surface area (Å²) in [6.07, 6.45) is 0.443. The molecular formula is C20H18N2O3. The number of nitrogens with zero attached hydrogens (tertiary/aromatic N) is 2. The first kappa shape index (κ1) is 16.7. The molecular weight excluding hydrogens is 316 g/mol. The van der Waals surface area contributed by atoms with Crippen LogP contribution in [0.15, 0.2) is 42.5 Å². The lowest BCUT2D eigenvalue weighted by Gasteiger charge is -2.36. The number of fused-ring (bicyclic) bond motifs is 1. The minimum atomic E-state index is -0.918. The van der Waals surface area contributed by atoms with Gasteiger partial charge in [-0.3, -0.25) is 9.59 Å². The number of carboxylic acid groups (broad SMARTS) is 1. The molecule has 1 amide bonds. The van der Waals surface area contributed by atoms with Crippen LogP contribution in [0.3, 0.4) is 0 Å². The molecule has 0 saturated carbocycles. The summed E-state index contributed by atoms with van der Waals surface area (Å²) in [7, 11) is 0. The van der Waals surface area contributed by atoms with Crippen molar-refractivity contribution in [2.24, 2.45) is 0 Å². The molecule has 25 heavy (non-hydrogen) atoms. The smallest absolute Gasteiger partial charge is 0.305 e. The number of hydrogen-bond donors (Lipinski definition) is 1. The first-order valence-corrected chi connectivity index (χ1v) is 8.10. The van der Waals surface area contributed by atoms with Gasteiger partial charge in [0, 0.05) is 18.2 Å². The number of carboxylic acids is 1. The quantitative estimate of drug-likeness (QED) is 0.936. The van der Waals surface area contributed by atoms with Crippen LogP contribution in [0.2, 0.25) is 0 Å². The van der Waals surface area contributed by atoms with Gasteiger partial charge in [0.25, 0.3) is 5.91 Å². The Hall–Kier alpha value is -3.13.